The van der Waals surface area contributed by atoms with Gasteiger partial charge >= 0.3 is 5.97 Å². The van der Waals surface area contributed by atoms with E-state index in [1.54, 1.807) is 31.2 Å². The maximum absolute atomic E-state index is 11.3. The molecule has 0 spiro atoms. The van der Waals surface area contributed by atoms with Crippen LogP contribution in [0.15, 0.2) is 36.4 Å². The van der Waals surface area contributed by atoms with Gasteiger partial charge in [-0.05, 0) is 42.3 Å². The molecule has 2 aromatic rings. The predicted molar refractivity (Wildman–Crippen MR) is 78.9 cm³/mol. The molecule has 104 valence electrons. The van der Waals surface area contributed by atoms with Gasteiger partial charge in [0.1, 0.15) is 17.9 Å². The van der Waals surface area contributed by atoms with Gasteiger partial charge in [-0.1, -0.05) is 35.3 Å². The third-order valence-corrected chi connectivity index (χ3v) is 3.50. The van der Waals surface area contributed by atoms with Crippen molar-refractivity contribution >= 4 is 29.2 Å². The van der Waals surface area contributed by atoms with Crippen LogP contribution in [0.25, 0.3) is 0 Å². The molecule has 0 heterocycles. The summed E-state index contributed by atoms with van der Waals surface area (Å²) in [5.41, 5.74) is 1.43. The number of ether oxygens (including phenoxy) is 1. The van der Waals surface area contributed by atoms with Gasteiger partial charge in [-0.25, -0.2) is 4.79 Å². The van der Waals surface area contributed by atoms with Crippen LogP contribution >= 0.6 is 23.2 Å². The van der Waals surface area contributed by atoms with Crippen LogP contribution in [0.4, 0.5) is 0 Å². The van der Waals surface area contributed by atoms with Crippen molar-refractivity contribution in [1.82, 2.24) is 0 Å². The van der Waals surface area contributed by atoms with Crippen molar-refractivity contribution in [3.8, 4) is 5.75 Å². The summed E-state index contributed by atoms with van der Waals surface area (Å²) in [6.45, 7) is 1.89. The summed E-state index contributed by atoms with van der Waals surface area (Å²) in [6.07, 6.45) is 0. The van der Waals surface area contributed by atoms with Crippen molar-refractivity contribution < 1.29 is 14.6 Å². The Balaban J connectivity index is 2.26. The molecule has 0 radical (unpaired) electrons. The summed E-state index contributed by atoms with van der Waals surface area (Å²) >= 11 is 11.8. The predicted octanol–water partition coefficient (Wildman–Crippen LogP) is 4.58. The van der Waals surface area contributed by atoms with Gasteiger partial charge < -0.3 is 9.84 Å². The van der Waals surface area contributed by atoms with Gasteiger partial charge in [0.2, 0.25) is 0 Å². The van der Waals surface area contributed by atoms with Crippen LogP contribution in [0, 0.1) is 6.92 Å². The number of aromatic carboxylic acids is 1. The van der Waals surface area contributed by atoms with Crippen molar-refractivity contribution in [1.29, 1.82) is 0 Å². The van der Waals surface area contributed by atoms with Crippen LogP contribution in [0.1, 0.15) is 21.5 Å². The van der Waals surface area contributed by atoms with Gasteiger partial charge in [-0.3, -0.25) is 0 Å². The van der Waals surface area contributed by atoms with E-state index >= 15 is 0 Å². The largest absolute Gasteiger partial charge is 0.488 e. The van der Waals surface area contributed by atoms with E-state index in [4.69, 9.17) is 27.9 Å². The minimum absolute atomic E-state index is 0.0829. The Morgan fingerprint density at radius 2 is 2.00 bits per heavy atom. The second-order valence-corrected chi connectivity index (χ2v) is 5.11. The maximum Gasteiger partial charge on any atom is 0.339 e. The Kier molecular flexibility index (Phi) is 4.53. The second-order valence-electron chi connectivity index (χ2n) is 4.27. The van der Waals surface area contributed by atoms with Gasteiger partial charge in [-0.2, -0.15) is 0 Å². The van der Waals surface area contributed by atoms with Crippen molar-refractivity contribution in [2.75, 3.05) is 0 Å². The minimum atomic E-state index is -1.06. The fraction of sp³-hybridized carbons (Fsp3) is 0.133. The van der Waals surface area contributed by atoms with Crippen LogP contribution in [0.3, 0.4) is 0 Å². The fourth-order valence-corrected chi connectivity index (χ4v) is 2.21. The summed E-state index contributed by atoms with van der Waals surface area (Å²) < 4.78 is 5.58. The molecule has 0 fully saturated rings. The van der Waals surface area contributed by atoms with E-state index in [1.165, 1.54) is 0 Å². The number of halogens is 2. The quantitative estimate of drug-likeness (QED) is 0.899. The summed E-state index contributed by atoms with van der Waals surface area (Å²) in [5.74, 6) is -0.773. The Hall–Kier alpha value is -1.71. The number of rotatable bonds is 4. The smallest absolute Gasteiger partial charge is 0.339 e. The average Bonchev–Trinajstić information content (AvgIpc) is 2.39. The molecule has 0 saturated heterocycles. The minimum Gasteiger partial charge on any atom is -0.488 e. The van der Waals surface area contributed by atoms with E-state index in [1.807, 2.05) is 12.1 Å². The zero-order valence-electron chi connectivity index (χ0n) is 10.7. The number of carbonyl (C=O) groups is 1. The highest BCUT2D eigenvalue weighted by atomic mass is 35.5. The first-order valence-corrected chi connectivity index (χ1v) is 6.64. The lowest BCUT2D eigenvalue weighted by molar-refractivity contribution is 0.0691. The second kappa shape index (κ2) is 6.16. The molecule has 0 bridgehead atoms. The molecule has 2 rings (SSSR count). The Morgan fingerprint density at radius 1 is 1.25 bits per heavy atom. The Labute approximate surface area is 126 Å². The van der Waals surface area contributed by atoms with Crippen LogP contribution in [-0.2, 0) is 6.61 Å². The monoisotopic (exact) mass is 310 g/mol. The SMILES string of the molecule is Cc1c(Cl)ccc(OCc2cccc(Cl)c2)c1C(=O)O. The average molecular weight is 311 g/mol. The van der Waals surface area contributed by atoms with E-state index in [2.05, 4.69) is 0 Å². The highest BCUT2D eigenvalue weighted by Gasteiger charge is 2.17. The lowest BCUT2D eigenvalue weighted by Gasteiger charge is -2.12. The van der Waals surface area contributed by atoms with E-state index in [9.17, 15) is 9.90 Å². The third-order valence-electron chi connectivity index (χ3n) is 2.86. The fourth-order valence-electron chi connectivity index (χ4n) is 1.84. The molecule has 0 aliphatic rings. The Morgan fingerprint density at radius 3 is 2.65 bits per heavy atom. The molecule has 0 unspecified atom stereocenters. The first-order chi connectivity index (χ1) is 9.49. The first kappa shape index (κ1) is 14.7. The highest BCUT2D eigenvalue weighted by molar-refractivity contribution is 6.32. The van der Waals surface area contributed by atoms with Gasteiger partial charge in [0.25, 0.3) is 0 Å². The molecule has 0 aliphatic carbocycles. The molecule has 0 amide bonds. The van der Waals surface area contributed by atoms with Crippen molar-refractivity contribution in [3.05, 3.63) is 63.1 Å². The normalized spacial score (nSPS) is 10.3. The summed E-state index contributed by atoms with van der Waals surface area (Å²) in [6, 6.07) is 10.4. The van der Waals surface area contributed by atoms with Crippen LogP contribution in [-0.4, -0.2) is 11.1 Å². The topological polar surface area (TPSA) is 46.5 Å². The number of carboxylic acid groups (broad SMARTS) is 1. The number of hydrogen-bond donors (Lipinski definition) is 1. The molecule has 0 aromatic heterocycles. The molecule has 5 heteroatoms. The number of benzene rings is 2. The van der Waals surface area contributed by atoms with Crippen LogP contribution in [0.2, 0.25) is 10.0 Å². The standard InChI is InChI=1S/C15H12Cl2O3/c1-9-12(17)5-6-13(14(9)15(18)19)20-8-10-3-2-4-11(16)7-10/h2-7H,8H2,1H3,(H,18,19). The third kappa shape index (κ3) is 3.24. The molecule has 0 atom stereocenters. The van der Waals surface area contributed by atoms with E-state index < -0.39 is 5.97 Å². The number of carboxylic acids is 1. The number of hydrogen-bond acceptors (Lipinski definition) is 2. The van der Waals surface area contributed by atoms with E-state index in [-0.39, 0.29) is 12.2 Å². The molecule has 1 N–H and O–H groups in total. The van der Waals surface area contributed by atoms with Crippen molar-refractivity contribution in [2.45, 2.75) is 13.5 Å². The van der Waals surface area contributed by atoms with Crippen LogP contribution in [0.5, 0.6) is 5.75 Å². The van der Waals surface area contributed by atoms with Gasteiger partial charge in [0.05, 0.1) is 0 Å². The molecular formula is C15H12Cl2O3. The first-order valence-electron chi connectivity index (χ1n) is 5.88. The lowest BCUT2D eigenvalue weighted by Crippen LogP contribution is -2.06. The highest BCUT2D eigenvalue weighted by Crippen LogP contribution is 2.29. The van der Waals surface area contributed by atoms with E-state index in [0.717, 1.165) is 5.56 Å². The molecule has 0 saturated carbocycles. The van der Waals surface area contributed by atoms with Crippen LogP contribution < -0.4 is 4.74 Å². The lowest BCUT2D eigenvalue weighted by atomic mass is 10.1. The van der Waals surface area contributed by atoms with Crippen molar-refractivity contribution in [2.24, 2.45) is 0 Å². The van der Waals surface area contributed by atoms with Gasteiger partial charge in [0.15, 0.2) is 0 Å². The summed E-state index contributed by atoms with van der Waals surface area (Å²) in [4.78, 5) is 11.3. The Bertz CT molecular complexity index is 654. The maximum atomic E-state index is 11.3. The zero-order valence-corrected chi connectivity index (χ0v) is 12.2. The van der Waals surface area contributed by atoms with Gasteiger partial charge in [0, 0.05) is 10.0 Å². The van der Waals surface area contributed by atoms with Gasteiger partial charge in [-0.15, -0.1) is 0 Å². The van der Waals surface area contributed by atoms with E-state index in [0.29, 0.717) is 21.4 Å². The zero-order chi connectivity index (χ0) is 14.7. The summed E-state index contributed by atoms with van der Waals surface area (Å²) in [5, 5.41) is 10.3. The van der Waals surface area contributed by atoms with Crippen molar-refractivity contribution in [3.63, 3.8) is 0 Å². The molecule has 3 nitrogen and oxygen atoms in total. The molecule has 2 aromatic carbocycles. The summed E-state index contributed by atoms with van der Waals surface area (Å²) in [7, 11) is 0. The molecule has 0 aliphatic heterocycles. The molecule has 20 heavy (non-hydrogen) atoms. The molecular weight excluding hydrogens is 299 g/mol.